The number of hydrogen-bond acceptors (Lipinski definition) is 2. The Kier molecular flexibility index (Phi) is 4.35. The van der Waals surface area contributed by atoms with E-state index in [-0.39, 0.29) is 18.4 Å². The van der Waals surface area contributed by atoms with Gasteiger partial charge in [0.2, 0.25) is 17.8 Å². The van der Waals surface area contributed by atoms with Crippen LogP contribution in [0.25, 0.3) is 10.9 Å². The van der Waals surface area contributed by atoms with Crippen LogP contribution in [-0.2, 0) is 6.54 Å². The minimum Gasteiger partial charge on any atom is -0.428 e. The zero-order valence-corrected chi connectivity index (χ0v) is 12.7. The third kappa shape index (κ3) is 2.95. The lowest BCUT2D eigenvalue weighted by Crippen LogP contribution is -2.40. The Bertz CT molecular complexity index is 803. The van der Waals surface area contributed by atoms with Crippen LogP contribution in [0.4, 0.5) is 0 Å². The number of pyridine rings is 1. The largest absolute Gasteiger partial charge is 0.428 e. The van der Waals surface area contributed by atoms with Crippen LogP contribution in [0.5, 0.6) is 5.88 Å². The van der Waals surface area contributed by atoms with E-state index in [0.29, 0.717) is 11.4 Å². The normalized spacial score (nSPS) is 10.6. The second-order valence-corrected chi connectivity index (χ2v) is 5.08. The first kappa shape index (κ1) is 14.5. The summed E-state index contributed by atoms with van der Waals surface area (Å²) < 4.78 is 7.31. The molecule has 0 aliphatic rings. The van der Waals surface area contributed by atoms with E-state index >= 15 is 0 Å². The summed E-state index contributed by atoms with van der Waals surface area (Å²) >= 11 is 5.69. The number of benzene rings is 2. The minimum atomic E-state index is 0.0291. The molecule has 0 radical (unpaired) electrons. The molecule has 0 saturated carbocycles. The number of hydrogen-bond donors (Lipinski definition) is 0. The molecule has 0 fully saturated rings. The van der Waals surface area contributed by atoms with Crippen molar-refractivity contribution in [1.29, 1.82) is 0 Å². The van der Waals surface area contributed by atoms with Gasteiger partial charge < -0.3 is 4.74 Å². The quantitative estimate of drug-likeness (QED) is 0.409. The fourth-order valence-electron chi connectivity index (χ4n) is 2.45. The molecular weight excluding hydrogens is 298 g/mol. The number of para-hydroxylation sites is 1. The second kappa shape index (κ2) is 6.58. The summed E-state index contributed by atoms with van der Waals surface area (Å²) in [5, 5.41) is 1.05. The molecule has 0 spiro atoms. The highest BCUT2D eigenvalue weighted by atomic mass is 35.5. The second-order valence-electron chi connectivity index (χ2n) is 4.86. The molecule has 2 aromatic carbocycles. The van der Waals surface area contributed by atoms with Gasteiger partial charge in [0.25, 0.3) is 0 Å². The number of alkyl halides is 1. The average molecular weight is 313 g/mol. The van der Waals surface area contributed by atoms with E-state index < -0.39 is 0 Å². The number of ketones is 1. The first-order valence-corrected chi connectivity index (χ1v) is 7.51. The zero-order chi connectivity index (χ0) is 15.4. The van der Waals surface area contributed by atoms with Gasteiger partial charge in [-0.3, -0.25) is 4.79 Å². The molecule has 0 aliphatic carbocycles. The molecule has 1 heterocycles. The van der Waals surface area contributed by atoms with Crippen molar-refractivity contribution in [3.63, 3.8) is 0 Å². The van der Waals surface area contributed by atoms with Crippen molar-refractivity contribution in [2.24, 2.45) is 0 Å². The lowest BCUT2D eigenvalue weighted by Gasteiger charge is -2.06. The molecule has 0 bridgehead atoms. The van der Waals surface area contributed by atoms with E-state index in [4.69, 9.17) is 16.3 Å². The number of aromatic nitrogens is 1. The molecular formula is C18H15ClNO2+. The Balaban J connectivity index is 2.04. The first-order chi connectivity index (χ1) is 10.8. The summed E-state index contributed by atoms with van der Waals surface area (Å²) in [7, 11) is 0. The molecule has 4 heteroatoms. The molecule has 3 nitrogen and oxygen atoms in total. The van der Waals surface area contributed by atoms with Gasteiger partial charge in [-0.2, -0.15) is 4.57 Å². The lowest BCUT2D eigenvalue weighted by molar-refractivity contribution is -0.662. The molecule has 22 heavy (non-hydrogen) atoms. The molecule has 0 aliphatic heterocycles. The van der Waals surface area contributed by atoms with Gasteiger partial charge in [0.1, 0.15) is 0 Å². The maximum Gasteiger partial charge on any atom is 0.369 e. The van der Waals surface area contributed by atoms with Crippen molar-refractivity contribution >= 4 is 28.3 Å². The molecule has 3 rings (SSSR count). The summed E-state index contributed by atoms with van der Waals surface area (Å²) in [5.41, 5.74) is 1.62. The Morgan fingerprint density at radius 3 is 2.45 bits per heavy atom. The number of fused-ring (bicyclic) bond motifs is 1. The third-order valence-electron chi connectivity index (χ3n) is 3.50. The monoisotopic (exact) mass is 312 g/mol. The van der Waals surface area contributed by atoms with Crippen LogP contribution < -0.4 is 9.30 Å². The van der Waals surface area contributed by atoms with Crippen molar-refractivity contribution in [1.82, 2.24) is 0 Å². The van der Waals surface area contributed by atoms with Crippen LogP contribution in [0.2, 0.25) is 0 Å². The van der Waals surface area contributed by atoms with Crippen LogP contribution >= 0.6 is 11.6 Å². The highest BCUT2D eigenvalue weighted by molar-refractivity contribution is 6.17. The van der Waals surface area contributed by atoms with Gasteiger partial charge in [0.15, 0.2) is 6.07 Å². The Morgan fingerprint density at radius 2 is 1.68 bits per heavy atom. The fourth-order valence-corrected chi connectivity index (χ4v) is 2.56. The predicted octanol–water partition coefficient (Wildman–Crippen LogP) is 3.59. The lowest BCUT2D eigenvalue weighted by atomic mass is 10.1. The highest BCUT2D eigenvalue weighted by Gasteiger charge is 2.21. The van der Waals surface area contributed by atoms with Crippen LogP contribution in [-0.4, -0.2) is 11.8 Å². The number of halogens is 1. The summed E-state index contributed by atoms with van der Waals surface area (Å²) in [5.74, 6) is 0.611. The van der Waals surface area contributed by atoms with Crippen molar-refractivity contribution in [2.75, 3.05) is 6.07 Å². The first-order valence-electron chi connectivity index (χ1n) is 6.98. The van der Waals surface area contributed by atoms with Crippen LogP contribution in [0.15, 0.2) is 66.7 Å². The van der Waals surface area contributed by atoms with E-state index in [1.165, 1.54) is 0 Å². The topological polar surface area (TPSA) is 30.2 Å². The van der Waals surface area contributed by atoms with E-state index in [0.717, 1.165) is 10.9 Å². The molecule has 0 amide bonds. The average Bonchev–Trinajstić information content (AvgIpc) is 2.58. The molecule has 0 unspecified atom stereocenters. The fraction of sp³-hybridized carbons (Fsp3) is 0.111. The van der Waals surface area contributed by atoms with E-state index in [1.807, 2.05) is 71.3 Å². The molecule has 1 aromatic heterocycles. The van der Waals surface area contributed by atoms with Crippen molar-refractivity contribution in [3.8, 4) is 5.88 Å². The smallest absolute Gasteiger partial charge is 0.369 e. The molecule has 0 atom stereocenters. The Morgan fingerprint density at radius 1 is 0.955 bits per heavy atom. The predicted molar refractivity (Wildman–Crippen MR) is 86.3 cm³/mol. The maximum absolute atomic E-state index is 12.5. The van der Waals surface area contributed by atoms with Gasteiger partial charge in [0, 0.05) is 17.0 Å². The molecule has 0 N–H and O–H groups in total. The Labute approximate surface area is 133 Å². The van der Waals surface area contributed by atoms with Crippen LogP contribution in [0, 0.1) is 0 Å². The number of ether oxygens (including phenoxy) is 1. The Hall–Kier alpha value is -2.39. The van der Waals surface area contributed by atoms with Gasteiger partial charge in [-0.15, -0.1) is 0 Å². The number of rotatable bonds is 5. The summed E-state index contributed by atoms with van der Waals surface area (Å²) in [4.78, 5) is 12.5. The number of nitrogens with zero attached hydrogens (tertiary/aromatic N) is 1. The van der Waals surface area contributed by atoms with Gasteiger partial charge in [-0.05, 0) is 12.1 Å². The summed E-state index contributed by atoms with van der Waals surface area (Å²) in [6.07, 6.45) is 0. The van der Waals surface area contributed by atoms with Crippen LogP contribution in [0.3, 0.4) is 0 Å². The van der Waals surface area contributed by atoms with Crippen molar-refractivity contribution in [2.45, 2.75) is 6.54 Å². The van der Waals surface area contributed by atoms with Gasteiger partial charge in [-0.25, -0.2) is 0 Å². The molecule has 3 aromatic rings. The standard InChI is InChI=1S/C18H15ClNO2/c19-13-22-18-11-10-14-6-4-5-9-16(14)20(18)12-17(21)15-7-2-1-3-8-15/h1-11H,12-13H2/q+1. The van der Waals surface area contributed by atoms with Crippen LogP contribution in [0.1, 0.15) is 10.4 Å². The summed E-state index contributed by atoms with van der Waals surface area (Å²) in [6.45, 7) is 0.206. The maximum atomic E-state index is 12.5. The van der Waals surface area contributed by atoms with E-state index in [2.05, 4.69) is 0 Å². The van der Waals surface area contributed by atoms with Gasteiger partial charge >= 0.3 is 5.88 Å². The van der Waals surface area contributed by atoms with E-state index in [1.54, 1.807) is 0 Å². The van der Waals surface area contributed by atoms with E-state index in [9.17, 15) is 4.79 Å². The highest BCUT2D eigenvalue weighted by Crippen LogP contribution is 2.15. The third-order valence-corrected chi connectivity index (χ3v) is 3.61. The number of carbonyl (C=O) groups excluding carboxylic acids is 1. The van der Waals surface area contributed by atoms with Gasteiger partial charge in [0.05, 0.1) is 6.07 Å². The zero-order valence-electron chi connectivity index (χ0n) is 11.9. The number of carbonyl (C=O) groups is 1. The summed E-state index contributed by atoms with van der Waals surface area (Å²) in [6, 6.07) is 21.0. The molecule has 110 valence electrons. The molecule has 0 saturated heterocycles. The number of Topliss-reactive ketones (excluding diaryl/α,β-unsaturated/α-hetero) is 1. The van der Waals surface area contributed by atoms with Crippen molar-refractivity contribution < 1.29 is 14.1 Å². The van der Waals surface area contributed by atoms with Crippen molar-refractivity contribution in [3.05, 3.63) is 72.3 Å². The van der Waals surface area contributed by atoms with Gasteiger partial charge in [-0.1, -0.05) is 54.1 Å². The minimum absolute atomic E-state index is 0.0291. The SMILES string of the molecule is O=C(C[n+]1c(OCCl)ccc2ccccc21)c1ccccc1.